The van der Waals surface area contributed by atoms with Crippen LogP contribution >= 0.6 is 34.7 Å². The van der Waals surface area contributed by atoms with Crippen LogP contribution < -0.4 is 19.8 Å². The number of aromatic amines is 1. The molecule has 1 aromatic heterocycles. The van der Waals surface area contributed by atoms with E-state index >= 15 is 0 Å². The van der Waals surface area contributed by atoms with Crippen molar-refractivity contribution < 1.29 is 19.1 Å². The highest BCUT2D eigenvalue weighted by molar-refractivity contribution is 8.00. The summed E-state index contributed by atoms with van der Waals surface area (Å²) < 4.78 is 6.04. The molecule has 0 spiro atoms. The number of benzene rings is 4. The number of thioether (sulfide) groups is 1. The molecule has 3 atom stereocenters. The van der Waals surface area contributed by atoms with Crippen molar-refractivity contribution >= 4 is 74.6 Å². The maximum atomic E-state index is 14.0. The van der Waals surface area contributed by atoms with E-state index in [1.54, 1.807) is 42.5 Å². The fourth-order valence-electron chi connectivity index (χ4n) is 5.68. The van der Waals surface area contributed by atoms with E-state index in [1.807, 2.05) is 48.5 Å². The zero-order chi connectivity index (χ0) is 29.7. The minimum atomic E-state index is -0.816. The van der Waals surface area contributed by atoms with Crippen LogP contribution in [-0.2, 0) is 14.4 Å². The highest BCUT2D eigenvalue weighted by atomic mass is 35.5. The number of amides is 3. The first-order chi connectivity index (χ1) is 20.9. The molecule has 2 N–H and O–H groups in total. The second kappa shape index (κ2) is 11.0. The van der Waals surface area contributed by atoms with Crippen LogP contribution in [0.4, 0.5) is 11.4 Å². The number of aromatic nitrogens is 1. The van der Waals surface area contributed by atoms with Crippen LogP contribution in [0.25, 0.3) is 10.8 Å². The quantitative estimate of drug-likeness (QED) is 0.222. The maximum absolute atomic E-state index is 14.0. The van der Waals surface area contributed by atoms with Crippen LogP contribution in [0, 0.1) is 5.92 Å². The molecule has 0 saturated carbocycles. The minimum absolute atomic E-state index is 0.290. The molecule has 3 amide bonds. The number of hydrogen-bond donors (Lipinski definition) is 2. The third kappa shape index (κ3) is 5.01. The van der Waals surface area contributed by atoms with E-state index in [9.17, 15) is 19.2 Å². The molecule has 11 heteroatoms. The molecule has 0 radical (unpaired) electrons. The molecule has 7 rings (SSSR count). The first-order valence-corrected chi connectivity index (χ1v) is 15.5. The summed E-state index contributed by atoms with van der Waals surface area (Å²) in [6, 6.07) is 27.2. The normalized spacial score (nSPS) is 19.3. The number of para-hydroxylation sites is 1. The van der Waals surface area contributed by atoms with Gasteiger partial charge in [-0.2, -0.15) is 0 Å². The maximum Gasteiger partial charge on any atom is 0.305 e. The van der Waals surface area contributed by atoms with Crippen LogP contribution in [0.15, 0.2) is 101 Å². The molecule has 2 unspecified atom stereocenters. The number of anilines is 2. The monoisotopic (exact) mass is 627 g/mol. The predicted octanol–water partition coefficient (Wildman–Crippen LogP) is 6.06. The van der Waals surface area contributed by atoms with Gasteiger partial charge in [0.15, 0.2) is 6.61 Å². The SMILES string of the molecule is O=C(COc1ccc(Cl)cc1[C@H]1c2sc(=O)[nH]c2SC2C(=O)N(c3ccccc3)C(=O)C21)Nc1ccc2ccccc2c1. The number of halogens is 1. The van der Waals surface area contributed by atoms with Gasteiger partial charge in [0.1, 0.15) is 11.0 Å². The van der Waals surface area contributed by atoms with Gasteiger partial charge in [-0.15, -0.1) is 0 Å². The van der Waals surface area contributed by atoms with Gasteiger partial charge < -0.3 is 15.0 Å². The molecule has 3 heterocycles. The number of thiazole rings is 1. The van der Waals surface area contributed by atoms with Gasteiger partial charge in [0.2, 0.25) is 11.8 Å². The van der Waals surface area contributed by atoms with E-state index in [0.29, 0.717) is 37.6 Å². The third-order valence-corrected chi connectivity index (χ3v) is 10.2. The second-order valence-electron chi connectivity index (χ2n) is 10.2. The van der Waals surface area contributed by atoms with Crippen molar-refractivity contribution in [3.8, 4) is 5.75 Å². The van der Waals surface area contributed by atoms with E-state index in [2.05, 4.69) is 10.3 Å². The Morgan fingerprint density at radius 1 is 0.907 bits per heavy atom. The van der Waals surface area contributed by atoms with E-state index in [-0.39, 0.29) is 29.2 Å². The summed E-state index contributed by atoms with van der Waals surface area (Å²) in [6.07, 6.45) is 0. The highest BCUT2D eigenvalue weighted by Crippen LogP contribution is 2.54. The van der Waals surface area contributed by atoms with Gasteiger partial charge in [0.25, 0.3) is 5.91 Å². The molecule has 1 fully saturated rings. The average Bonchev–Trinajstić information content (AvgIpc) is 3.50. The Labute approximate surface area is 258 Å². The number of rotatable bonds is 6. The molecular weight excluding hydrogens is 606 g/mol. The molecule has 214 valence electrons. The summed E-state index contributed by atoms with van der Waals surface area (Å²) in [5.74, 6) is -2.28. The van der Waals surface area contributed by atoms with E-state index in [4.69, 9.17) is 16.3 Å². The summed E-state index contributed by atoms with van der Waals surface area (Å²) >= 11 is 8.63. The van der Waals surface area contributed by atoms with Crippen LogP contribution in [0.5, 0.6) is 5.75 Å². The zero-order valence-corrected chi connectivity index (χ0v) is 24.7. The van der Waals surface area contributed by atoms with Gasteiger partial charge in [-0.25, -0.2) is 4.90 Å². The summed E-state index contributed by atoms with van der Waals surface area (Å²) in [5.41, 5.74) is 1.64. The topological polar surface area (TPSA) is 109 Å². The van der Waals surface area contributed by atoms with Crippen molar-refractivity contribution in [3.63, 3.8) is 0 Å². The Morgan fingerprint density at radius 3 is 2.49 bits per heavy atom. The average molecular weight is 628 g/mol. The molecule has 2 aliphatic heterocycles. The predicted molar refractivity (Wildman–Crippen MR) is 168 cm³/mol. The van der Waals surface area contributed by atoms with Crippen LogP contribution in [0.1, 0.15) is 16.4 Å². The fourth-order valence-corrected chi connectivity index (χ4v) is 8.37. The lowest BCUT2D eigenvalue weighted by molar-refractivity contribution is -0.122. The number of fused-ring (bicyclic) bond motifs is 3. The second-order valence-corrected chi connectivity index (χ2v) is 12.8. The Morgan fingerprint density at radius 2 is 1.67 bits per heavy atom. The molecule has 1 saturated heterocycles. The standard InChI is InChI=1S/C32H22ClN3O5S2/c33-19-11-13-23(41-16-24(37)34-20-12-10-17-6-4-5-7-18(17)14-20)22(15-19)25-26-28(42-29-27(25)43-32(40)35-29)31(39)36(30(26)38)21-8-2-1-3-9-21/h1-15,25-26,28H,16H2,(H,34,37)(H,35,40)/t25-,26?,28?/m1/s1. The fraction of sp³-hybridized carbons (Fsp3) is 0.125. The van der Waals surface area contributed by atoms with Crippen molar-refractivity contribution in [2.45, 2.75) is 16.2 Å². The largest absolute Gasteiger partial charge is 0.483 e. The number of imide groups is 1. The molecule has 4 aromatic carbocycles. The first kappa shape index (κ1) is 27.5. The number of ether oxygens (including phenoxy) is 1. The molecule has 8 nitrogen and oxygen atoms in total. The van der Waals surface area contributed by atoms with Gasteiger partial charge in [-0.1, -0.05) is 83.2 Å². The Kier molecular flexibility index (Phi) is 7.04. The van der Waals surface area contributed by atoms with E-state index in [1.165, 1.54) is 16.7 Å². The Balaban J connectivity index is 1.21. The molecule has 43 heavy (non-hydrogen) atoms. The number of carbonyl (C=O) groups is 3. The smallest absolute Gasteiger partial charge is 0.305 e. The van der Waals surface area contributed by atoms with Gasteiger partial charge >= 0.3 is 4.87 Å². The number of hydrogen-bond acceptors (Lipinski definition) is 7. The van der Waals surface area contributed by atoms with Gasteiger partial charge in [-0.3, -0.25) is 19.2 Å². The number of nitrogens with zero attached hydrogens (tertiary/aromatic N) is 1. The Bertz CT molecular complexity index is 1980. The minimum Gasteiger partial charge on any atom is -0.483 e. The summed E-state index contributed by atoms with van der Waals surface area (Å²) in [7, 11) is 0. The van der Waals surface area contributed by atoms with Crippen LogP contribution in [0.3, 0.4) is 0 Å². The van der Waals surface area contributed by atoms with Crippen LogP contribution in [-0.4, -0.2) is 34.6 Å². The summed E-state index contributed by atoms with van der Waals surface area (Å²) in [4.78, 5) is 57.4. The van der Waals surface area contributed by atoms with Crippen molar-refractivity contribution in [1.29, 1.82) is 0 Å². The third-order valence-electron chi connectivity index (χ3n) is 7.54. The van der Waals surface area contributed by atoms with Gasteiger partial charge in [0.05, 0.1) is 16.6 Å². The zero-order valence-electron chi connectivity index (χ0n) is 22.3. The number of carbonyl (C=O) groups excluding carboxylic acids is 3. The van der Waals surface area contributed by atoms with Crippen molar-refractivity contribution in [2.75, 3.05) is 16.8 Å². The summed E-state index contributed by atoms with van der Waals surface area (Å²) in [6.45, 7) is -0.309. The Hall–Kier alpha value is -4.38. The van der Waals surface area contributed by atoms with Crippen molar-refractivity contribution in [3.05, 3.63) is 116 Å². The molecular formula is C32H22ClN3O5S2. The van der Waals surface area contributed by atoms with Crippen molar-refractivity contribution in [2.24, 2.45) is 5.92 Å². The first-order valence-electron chi connectivity index (χ1n) is 13.4. The van der Waals surface area contributed by atoms with Gasteiger partial charge in [0, 0.05) is 27.1 Å². The summed E-state index contributed by atoms with van der Waals surface area (Å²) in [5, 5.41) is 5.08. The molecule has 0 aliphatic carbocycles. The van der Waals surface area contributed by atoms with Gasteiger partial charge in [-0.05, 0) is 53.2 Å². The number of H-pyrrole nitrogens is 1. The molecule has 0 bridgehead atoms. The van der Waals surface area contributed by atoms with Crippen LogP contribution in [0.2, 0.25) is 5.02 Å². The highest BCUT2D eigenvalue weighted by Gasteiger charge is 2.56. The van der Waals surface area contributed by atoms with Crippen molar-refractivity contribution in [1.82, 2.24) is 4.98 Å². The lowest BCUT2D eigenvalue weighted by Crippen LogP contribution is -2.32. The lowest BCUT2D eigenvalue weighted by Gasteiger charge is -2.31. The lowest BCUT2D eigenvalue weighted by atomic mass is 9.82. The van der Waals surface area contributed by atoms with E-state index < -0.39 is 17.1 Å². The molecule has 2 aliphatic rings. The number of nitrogens with one attached hydrogen (secondary N) is 2. The molecule has 5 aromatic rings. The van der Waals surface area contributed by atoms with E-state index in [0.717, 1.165) is 22.1 Å².